The zero-order valence-corrected chi connectivity index (χ0v) is 13.2. The molecule has 0 saturated carbocycles. The number of anilines is 1. The fraction of sp³-hybridized carbons (Fsp3) is 0.294. The van der Waals surface area contributed by atoms with E-state index in [1.54, 1.807) is 0 Å². The van der Waals surface area contributed by atoms with Gasteiger partial charge in [0, 0.05) is 16.2 Å². The van der Waals surface area contributed by atoms with Crippen molar-refractivity contribution in [3.05, 3.63) is 64.1 Å². The Kier molecular flexibility index (Phi) is 4.65. The second-order valence-electron chi connectivity index (χ2n) is 5.17. The quantitative estimate of drug-likeness (QED) is 0.757. The topological polar surface area (TPSA) is 12.0 Å². The van der Waals surface area contributed by atoms with Crippen molar-refractivity contribution >= 4 is 21.6 Å². The van der Waals surface area contributed by atoms with E-state index in [1.165, 1.54) is 11.1 Å². The standard InChI is InChI=1S/C17H20BrN/c1-12(2)14-8-10-15(11-9-14)13(3)19-17-7-5-4-6-16(17)18/h4-13,19H,1-3H3. The summed E-state index contributed by atoms with van der Waals surface area (Å²) < 4.78 is 1.10. The predicted molar refractivity (Wildman–Crippen MR) is 86.7 cm³/mol. The van der Waals surface area contributed by atoms with Crippen molar-refractivity contribution in [1.82, 2.24) is 0 Å². The number of para-hydroxylation sites is 1. The molecule has 0 aliphatic heterocycles. The summed E-state index contributed by atoms with van der Waals surface area (Å²) in [6, 6.07) is 17.4. The molecule has 0 radical (unpaired) electrons. The van der Waals surface area contributed by atoms with Gasteiger partial charge < -0.3 is 5.32 Å². The van der Waals surface area contributed by atoms with Gasteiger partial charge in [-0.15, -0.1) is 0 Å². The molecule has 0 aliphatic carbocycles. The summed E-state index contributed by atoms with van der Waals surface area (Å²) in [6.07, 6.45) is 0. The van der Waals surface area contributed by atoms with Gasteiger partial charge in [0.2, 0.25) is 0 Å². The molecule has 100 valence electrons. The van der Waals surface area contributed by atoms with E-state index in [2.05, 4.69) is 78.4 Å². The molecule has 2 heteroatoms. The van der Waals surface area contributed by atoms with Crippen LogP contribution in [0.5, 0.6) is 0 Å². The number of nitrogens with one attached hydrogen (secondary N) is 1. The van der Waals surface area contributed by atoms with E-state index in [0.717, 1.165) is 10.2 Å². The van der Waals surface area contributed by atoms with Crippen LogP contribution in [0.1, 0.15) is 43.9 Å². The Morgan fingerprint density at radius 3 is 2.00 bits per heavy atom. The van der Waals surface area contributed by atoms with E-state index in [-0.39, 0.29) is 0 Å². The number of benzene rings is 2. The molecule has 0 aliphatic rings. The van der Waals surface area contributed by atoms with Crippen LogP contribution in [0, 0.1) is 0 Å². The van der Waals surface area contributed by atoms with Crippen LogP contribution in [0.2, 0.25) is 0 Å². The number of rotatable bonds is 4. The Labute approximate surface area is 124 Å². The lowest BCUT2D eigenvalue weighted by molar-refractivity contribution is 0.852. The average molecular weight is 318 g/mol. The van der Waals surface area contributed by atoms with E-state index in [9.17, 15) is 0 Å². The van der Waals surface area contributed by atoms with Gasteiger partial charge in [0.1, 0.15) is 0 Å². The molecule has 1 nitrogen and oxygen atoms in total. The average Bonchev–Trinajstić information content (AvgIpc) is 2.41. The van der Waals surface area contributed by atoms with Gasteiger partial charge in [-0.2, -0.15) is 0 Å². The van der Waals surface area contributed by atoms with Crippen LogP contribution < -0.4 is 5.32 Å². The van der Waals surface area contributed by atoms with E-state index < -0.39 is 0 Å². The van der Waals surface area contributed by atoms with Gasteiger partial charge in [0.05, 0.1) is 0 Å². The fourth-order valence-corrected chi connectivity index (χ4v) is 2.46. The third kappa shape index (κ3) is 3.60. The first-order valence-electron chi connectivity index (χ1n) is 6.69. The highest BCUT2D eigenvalue weighted by atomic mass is 79.9. The van der Waals surface area contributed by atoms with E-state index in [0.29, 0.717) is 12.0 Å². The smallest absolute Gasteiger partial charge is 0.0489 e. The van der Waals surface area contributed by atoms with E-state index >= 15 is 0 Å². The van der Waals surface area contributed by atoms with Crippen molar-refractivity contribution in [2.24, 2.45) is 0 Å². The Morgan fingerprint density at radius 1 is 0.842 bits per heavy atom. The second-order valence-corrected chi connectivity index (χ2v) is 6.02. The van der Waals surface area contributed by atoms with Gasteiger partial charge in [-0.25, -0.2) is 0 Å². The molecule has 0 heterocycles. The Hall–Kier alpha value is -1.28. The minimum Gasteiger partial charge on any atom is -0.378 e. The van der Waals surface area contributed by atoms with Crippen molar-refractivity contribution in [2.45, 2.75) is 32.7 Å². The van der Waals surface area contributed by atoms with Crippen molar-refractivity contribution in [3.8, 4) is 0 Å². The lowest BCUT2D eigenvalue weighted by Gasteiger charge is -2.17. The van der Waals surface area contributed by atoms with Gasteiger partial charge in [0.25, 0.3) is 0 Å². The van der Waals surface area contributed by atoms with Crippen LogP contribution in [-0.4, -0.2) is 0 Å². The molecule has 0 aromatic heterocycles. The highest BCUT2D eigenvalue weighted by Gasteiger charge is 2.07. The molecule has 2 aromatic rings. The molecule has 1 unspecified atom stereocenters. The number of hydrogen-bond donors (Lipinski definition) is 1. The van der Waals surface area contributed by atoms with E-state index in [1.807, 2.05) is 12.1 Å². The van der Waals surface area contributed by atoms with Crippen molar-refractivity contribution in [1.29, 1.82) is 0 Å². The highest BCUT2D eigenvalue weighted by Crippen LogP contribution is 2.26. The SMILES string of the molecule is CC(C)c1ccc(C(C)Nc2ccccc2Br)cc1. The third-order valence-electron chi connectivity index (χ3n) is 3.35. The molecule has 0 spiro atoms. The maximum atomic E-state index is 3.57. The van der Waals surface area contributed by atoms with Crippen molar-refractivity contribution in [3.63, 3.8) is 0 Å². The van der Waals surface area contributed by atoms with Gasteiger partial charge in [-0.1, -0.05) is 50.2 Å². The Morgan fingerprint density at radius 2 is 1.42 bits per heavy atom. The molecule has 0 fully saturated rings. The summed E-state index contributed by atoms with van der Waals surface area (Å²) >= 11 is 3.57. The summed E-state index contributed by atoms with van der Waals surface area (Å²) in [6.45, 7) is 6.62. The molecule has 1 N–H and O–H groups in total. The summed E-state index contributed by atoms with van der Waals surface area (Å²) in [7, 11) is 0. The molecular formula is C17H20BrN. The van der Waals surface area contributed by atoms with Crippen LogP contribution in [0.4, 0.5) is 5.69 Å². The Balaban J connectivity index is 2.12. The minimum absolute atomic E-state index is 0.292. The summed E-state index contributed by atoms with van der Waals surface area (Å²) in [5.74, 6) is 0.584. The van der Waals surface area contributed by atoms with Gasteiger partial charge in [0.15, 0.2) is 0 Å². The molecule has 0 saturated heterocycles. The third-order valence-corrected chi connectivity index (χ3v) is 4.04. The zero-order chi connectivity index (χ0) is 13.8. The number of halogens is 1. The Bertz CT molecular complexity index is 531. The van der Waals surface area contributed by atoms with Gasteiger partial charge >= 0.3 is 0 Å². The normalized spacial score (nSPS) is 12.5. The molecule has 0 amide bonds. The fourth-order valence-electron chi connectivity index (χ4n) is 2.06. The van der Waals surface area contributed by atoms with E-state index in [4.69, 9.17) is 0 Å². The molecule has 19 heavy (non-hydrogen) atoms. The zero-order valence-electron chi connectivity index (χ0n) is 11.7. The van der Waals surface area contributed by atoms with Crippen LogP contribution in [-0.2, 0) is 0 Å². The molecule has 2 rings (SSSR count). The largest absolute Gasteiger partial charge is 0.378 e. The molecule has 0 bridgehead atoms. The van der Waals surface area contributed by atoms with Crippen molar-refractivity contribution in [2.75, 3.05) is 5.32 Å². The first kappa shape index (κ1) is 14.1. The molecular weight excluding hydrogens is 298 g/mol. The molecule has 2 aromatic carbocycles. The van der Waals surface area contributed by atoms with Crippen LogP contribution in [0.25, 0.3) is 0 Å². The van der Waals surface area contributed by atoms with Gasteiger partial charge in [-0.3, -0.25) is 0 Å². The minimum atomic E-state index is 0.292. The van der Waals surface area contributed by atoms with Crippen molar-refractivity contribution < 1.29 is 0 Å². The maximum absolute atomic E-state index is 3.57. The lowest BCUT2D eigenvalue weighted by Crippen LogP contribution is -2.07. The van der Waals surface area contributed by atoms with Gasteiger partial charge in [-0.05, 0) is 52.0 Å². The van der Waals surface area contributed by atoms with Crippen LogP contribution in [0.3, 0.4) is 0 Å². The highest BCUT2D eigenvalue weighted by molar-refractivity contribution is 9.10. The first-order valence-corrected chi connectivity index (χ1v) is 7.48. The lowest BCUT2D eigenvalue weighted by atomic mass is 9.99. The second kappa shape index (κ2) is 6.25. The summed E-state index contributed by atoms with van der Waals surface area (Å²) in [5.41, 5.74) is 3.82. The van der Waals surface area contributed by atoms with Crippen LogP contribution in [0.15, 0.2) is 53.0 Å². The summed E-state index contributed by atoms with van der Waals surface area (Å²) in [5, 5.41) is 3.53. The maximum Gasteiger partial charge on any atom is 0.0489 e. The number of hydrogen-bond acceptors (Lipinski definition) is 1. The molecule has 1 atom stereocenters. The monoisotopic (exact) mass is 317 g/mol. The summed E-state index contributed by atoms with van der Waals surface area (Å²) in [4.78, 5) is 0. The first-order chi connectivity index (χ1) is 9.08. The van der Waals surface area contributed by atoms with Crippen LogP contribution >= 0.6 is 15.9 Å². The predicted octanol–water partition coefficient (Wildman–Crippen LogP) is 5.75.